The van der Waals surface area contributed by atoms with Gasteiger partial charge in [-0.3, -0.25) is 9.88 Å². The first-order chi connectivity index (χ1) is 11.1. The Morgan fingerprint density at radius 2 is 2.00 bits per heavy atom. The van der Waals surface area contributed by atoms with Crippen LogP contribution in [0.1, 0.15) is 25.1 Å². The standard InChI is InChI=1S/C16H23N2O4P/c1-3-21-23(20,22-4-2)16-9-13-12-7-5-6-8-14(12)18(11-19)15(13)10-17-16/h5-8,16-17,19H,3-4,9-11H2,1-2H3. The van der Waals surface area contributed by atoms with Crippen LogP contribution in [0.15, 0.2) is 24.3 Å². The fourth-order valence-corrected chi connectivity index (χ4v) is 5.18. The molecule has 6 nitrogen and oxygen atoms in total. The second-order valence-corrected chi connectivity index (χ2v) is 7.71. The van der Waals surface area contributed by atoms with E-state index in [-0.39, 0.29) is 12.5 Å². The van der Waals surface area contributed by atoms with Gasteiger partial charge in [0.1, 0.15) is 12.5 Å². The molecule has 0 amide bonds. The van der Waals surface area contributed by atoms with Crippen LogP contribution >= 0.6 is 7.60 Å². The predicted molar refractivity (Wildman–Crippen MR) is 89.3 cm³/mol. The van der Waals surface area contributed by atoms with Crippen LogP contribution in [0, 0.1) is 0 Å². The highest BCUT2D eigenvalue weighted by atomic mass is 31.2. The van der Waals surface area contributed by atoms with Gasteiger partial charge in [-0.15, -0.1) is 0 Å². The number of hydrogen-bond acceptors (Lipinski definition) is 5. The van der Waals surface area contributed by atoms with Crippen molar-refractivity contribution in [3.63, 3.8) is 0 Å². The number of aromatic nitrogens is 1. The molecule has 1 aliphatic rings. The highest BCUT2D eigenvalue weighted by Crippen LogP contribution is 2.54. The zero-order chi connectivity index (χ0) is 16.4. The van der Waals surface area contributed by atoms with E-state index in [1.165, 1.54) is 0 Å². The fraction of sp³-hybridized carbons (Fsp3) is 0.500. The van der Waals surface area contributed by atoms with Crippen molar-refractivity contribution in [2.45, 2.75) is 39.3 Å². The van der Waals surface area contributed by atoms with Crippen LogP contribution in [0.3, 0.4) is 0 Å². The first-order valence-corrected chi connectivity index (χ1v) is 9.57. The number of aliphatic hydroxyl groups is 1. The topological polar surface area (TPSA) is 72.7 Å². The zero-order valence-electron chi connectivity index (χ0n) is 13.5. The molecule has 0 bridgehead atoms. The van der Waals surface area contributed by atoms with Gasteiger partial charge in [-0.25, -0.2) is 0 Å². The molecule has 1 aromatic carbocycles. The van der Waals surface area contributed by atoms with E-state index in [9.17, 15) is 9.67 Å². The Labute approximate surface area is 135 Å². The molecule has 0 saturated carbocycles. The summed E-state index contributed by atoms with van der Waals surface area (Å²) in [4.78, 5) is 0. The lowest BCUT2D eigenvalue weighted by Crippen LogP contribution is -2.37. The molecule has 2 aromatic rings. The molecule has 3 rings (SSSR count). The van der Waals surface area contributed by atoms with Gasteiger partial charge in [-0.05, 0) is 25.5 Å². The monoisotopic (exact) mass is 338 g/mol. The van der Waals surface area contributed by atoms with E-state index in [1.807, 2.05) is 42.7 Å². The van der Waals surface area contributed by atoms with E-state index in [1.54, 1.807) is 0 Å². The number of aliphatic hydroxyl groups excluding tert-OH is 1. The van der Waals surface area contributed by atoms with Crippen LogP contribution in [-0.2, 0) is 33.3 Å². The first-order valence-electron chi connectivity index (χ1n) is 7.96. The van der Waals surface area contributed by atoms with Crippen LogP contribution < -0.4 is 5.32 Å². The quantitative estimate of drug-likeness (QED) is 0.793. The summed E-state index contributed by atoms with van der Waals surface area (Å²) in [6, 6.07) is 7.96. The molecule has 0 aliphatic carbocycles. The third kappa shape index (κ3) is 2.86. The molecule has 0 spiro atoms. The lowest BCUT2D eigenvalue weighted by atomic mass is 10.0. The molecule has 0 radical (unpaired) electrons. The summed E-state index contributed by atoms with van der Waals surface area (Å²) in [6.07, 6.45) is 0.556. The normalized spacial score (nSPS) is 18.3. The van der Waals surface area contributed by atoms with Gasteiger partial charge in [0.15, 0.2) is 0 Å². The van der Waals surface area contributed by atoms with Crippen molar-refractivity contribution in [1.29, 1.82) is 0 Å². The van der Waals surface area contributed by atoms with Gasteiger partial charge in [0.2, 0.25) is 0 Å². The third-order valence-electron chi connectivity index (χ3n) is 4.24. The molecule has 1 unspecified atom stereocenters. The number of fused-ring (bicyclic) bond motifs is 3. The summed E-state index contributed by atoms with van der Waals surface area (Å²) in [7, 11) is -3.21. The summed E-state index contributed by atoms with van der Waals surface area (Å²) in [5, 5.41) is 14.1. The lowest BCUT2D eigenvalue weighted by molar-refractivity contribution is 0.201. The zero-order valence-corrected chi connectivity index (χ0v) is 14.4. The minimum absolute atomic E-state index is 0.0726. The maximum atomic E-state index is 13.0. The van der Waals surface area contributed by atoms with Crippen molar-refractivity contribution in [1.82, 2.24) is 9.88 Å². The van der Waals surface area contributed by atoms with E-state index in [0.29, 0.717) is 26.2 Å². The minimum Gasteiger partial charge on any atom is -0.376 e. The fourth-order valence-electron chi connectivity index (χ4n) is 3.30. The average Bonchev–Trinajstić information content (AvgIpc) is 2.88. The summed E-state index contributed by atoms with van der Waals surface area (Å²) in [5.74, 6) is -0.368. The number of para-hydroxylation sites is 1. The molecule has 2 heterocycles. The molecule has 0 saturated heterocycles. The molecule has 1 atom stereocenters. The number of nitrogens with one attached hydrogen (secondary N) is 1. The number of nitrogens with zero attached hydrogens (tertiary/aromatic N) is 1. The van der Waals surface area contributed by atoms with Gasteiger partial charge in [-0.1, -0.05) is 18.2 Å². The second-order valence-electron chi connectivity index (χ2n) is 5.49. The Morgan fingerprint density at radius 1 is 1.30 bits per heavy atom. The summed E-state index contributed by atoms with van der Waals surface area (Å²) >= 11 is 0. The molecule has 2 N–H and O–H groups in total. The van der Waals surface area contributed by atoms with Crippen molar-refractivity contribution in [3.8, 4) is 0 Å². The first kappa shape index (κ1) is 16.7. The third-order valence-corrected chi connectivity index (χ3v) is 6.60. The average molecular weight is 338 g/mol. The van der Waals surface area contributed by atoms with Crippen molar-refractivity contribution in [2.75, 3.05) is 13.2 Å². The van der Waals surface area contributed by atoms with E-state index >= 15 is 0 Å². The largest absolute Gasteiger partial charge is 0.376 e. The van der Waals surface area contributed by atoms with Crippen molar-refractivity contribution in [2.24, 2.45) is 0 Å². The number of rotatable bonds is 6. The Morgan fingerprint density at radius 3 is 2.65 bits per heavy atom. The van der Waals surface area contributed by atoms with Gasteiger partial charge < -0.3 is 18.7 Å². The van der Waals surface area contributed by atoms with Gasteiger partial charge in [0.05, 0.1) is 18.7 Å². The molecule has 0 fully saturated rings. The highest BCUT2D eigenvalue weighted by molar-refractivity contribution is 7.54. The summed E-state index contributed by atoms with van der Waals surface area (Å²) in [5.41, 5.74) is 3.13. The minimum atomic E-state index is -3.21. The maximum absolute atomic E-state index is 13.0. The second kappa shape index (κ2) is 6.75. The Bertz CT molecular complexity index is 733. The lowest BCUT2D eigenvalue weighted by Gasteiger charge is -2.30. The van der Waals surface area contributed by atoms with Gasteiger partial charge in [0.25, 0.3) is 0 Å². The predicted octanol–water partition coefficient (Wildman–Crippen LogP) is 2.83. The molecule has 126 valence electrons. The Kier molecular flexibility index (Phi) is 4.90. The van der Waals surface area contributed by atoms with E-state index in [0.717, 1.165) is 22.2 Å². The van der Waals surface area contributed by atoms with Crippen LogP contribution in [0.5, 0.6) is 0 Å². The van der Waals surface area contributed by atoms with Crippen LogP contribution in [0.25, 0.3) is 10.9 Å². The van der Waals surface area contributed by atoms with Gasteiger partial charge in [0, 0.05) is 24.0 Å². The Hall–Kier alpha value is -1.17. The van der Waals surface area contributed by atoms with E-state index in [4.69, 9.17) is 9.05 Å². The van der Waals surface area contributed by atoms with Gasteiger partial charge in [-0.2, -0.15) is 0 Å². The molecule has 23 heavy (non-hydrogen) atoms. The van der Waals surface area contributed by atoms with Crippen LogP contribution in [0.4, 0.5) is 0 Å². The maximum Gasteiger partial charge on any atom is 0.347 e. The van der Waals surface area contributed by atoms with E-state index < -0.39 is 7.60 Å². The van der Waals surface area contributed by atoms with Crippen molar-refractivity contribution < 1.29 is 18.7 Å². The van der Waals surface area contributed by atoms with E-state index in [2.05, 4.69) is 5.32 Å². The van der Waals surface area contributed by atoms with Crippen molar-refractivity contribution >= 4 is 18.5 Å². The molecule has 1 aliphatic heterocycles. The Balaban J connectivity index is 2.02. The molecule has 7 heteroatoms. The highest BCUT2D eigenvalue weighted by Gasteiger charge is 2.39. The van der Waals surface area contributed by atoms with Crippen LogP contribution in [0.2, 0.25) is 0 Å². The summed E-state index contributed by atoms with van der Waals surface area (Å²) in [6.45, 7) is 4.78. The van der Waals surface area contributed by atoms with Crippen molar-refractivity contribution in [3.05, 3.63) is 35.5 Å². The molecular formula is C16H23N2O4P. The van der Waals surface area contributed by atoms with Crippen LogP contribution in [-0.4, -0.2) is 28.7 Å². The summed E-state index contributed by atoms with van der Waals surface area (Å²) < 4.78 is 25.9. The molecular weight excluding hydrogens is 315 g/mol. The number of benzene rings is 1. The molecule has 1 aromatic heterocycles. The van der Waals surface area contributed by atoms with Gasteiger partial charge >= 0.3 is 7.60 Å². The smallest absolute Gasteiger partial charge is 0.347 e. The SMILES string of the molecule is CCOP(=O)(OCC)C1Cc2c(n(CO)c3ccccc23)CN1. The number of hydrogen-bond donors (Lipinski definition) is 2.